The van der Waals surface area contributed by atoms with E-state index in [9.17, 15) is 9.59 Å². The highest BCUT2D eigenvalue weighted by Gasteiger charge is 2.45. The van der Waals surface area contributed by atoms with Gasteiger partial charge in [-0.1, -0.05) is 96.4 Å². The average molecular weight is 510 g/mol. The van der Waals surface area contributed by atoms with Gasteiger partial charge in [0.25, 0.3) is 0 Å². The lowest BCUT2D eigenvalue weighted by atomic mass is 9.64. The molecule has 0 aromatic heterocycles. The molecule has 4 nitrogen and oxygen atoms in total. The third kappa shape index (κ3) is 5.82. The molecule has 0 saturated heterocycles. The Balaban J connectivity index is 1.62. The molecule has 1 aliphatic heterocycles. The molecule has 0 spiro atoms. The number of amides is 1. The Kier molecular flexibility index (Phi) is 8.18. The minimum Gasteiger partial charge on any atom is -0.446 e. The van der Waals surface area contributed by atoms with E-state index in [-0.39, 0.29) is 35.4 Å². The summed E-state index contributed by atoms with van der Waals surface area (Å²) in [5, 5.41) is 0.879. The van der Waals surface area contributed by atoms with E-state index in [1.807, 2.05) is 11.1 Å². The number of ketones is 1. The van der Waals surface area contributed by atoms with E-state index in [2.05, 4.69) is 70.7 Å². The lowest BCUT2D eigenvalue weighted by Crippen LogP contribution is -2.51. The third-order valence-corrected chi connectivity index (χ3v) is 11.3. The molecule has 0 N–H and O–H groups in total. The SMILES string of the molecule is C[C@@H]1CC[C@@H](C(C)(C)c2ccccc2)[C@H](OC(=O)N2C=C([Si](C)(C)C)C(=O)C[C@@H]2C2CCCCC2)C1. The topological polar surface area (TPSA) is 46.6 Å². The van der Waals surface area contributed by atoms with Crippen molar-refractivity contribution in [1.82, 2.24) is 4.90 Å². The fraction of sp³-hybridized carbons (Fsp3) is 0.677. The molecule has 4 atom stereocenters. The van der Waals surface area contributed by atoms with E-state index in [0.717, 1.165) is 37.3 Å². The number of carbonyl (C=O) groups is 2. The first-order valence-corrected chi connectivity index (χ1v) is 17.8. The van der Waals surface area contributed by atoms with E-state index >= 15 is 0 Å². The van der Waals surface area contributed by atoms with Gasteiger partial charge in [-0.05, 0) is 53.7 Å². The van der Waals surface area contributed by atoms with Gasteiger partial charge in [0.15, 0.2) is 5.78 Å². The zero-order valence-corrected chi connectivity index (χ0v) is 24.4. The number of Topliss-reactive ketones (excluding diaryl/α,β-unsaturated/α-hetero) is 1. The second kappa shape index (κ2) is 10.8. The van der Waals surface area contributed by atoms with Gasteiger partial charge in [-0.15, -0.1) is 0 Å². The molecule has 3 aliphatic rings. The summed E-state index contributed by atoms with van der Waals surface area (Å²) in [6.45, 7) is 13.5. The third-order valence-electron chi connectivity index (χ3n) is 9.28. The summed E-state index contributed by atoms with van der Waals surface area (Å²) in [6, 6.07) is 10.6. The Bertz CT molecular complexity index is 958. The van der Waals surface area contributed by atoms with Crippen LogP contribution < -0.4 is 0 Å². The van der Waals surface area contributed by atoms with Gasteiger partial charge in [0.1, 0.15) is 6.10 Å². The van der Waals surface area contributed by atoms with Crippen molar-refractivity contribution in [3.8, 4) is 0 Å². The predicted molar refractivity (Wildman–Crippen MR) is 149 cm³/mol. The number of allylic oxidation sites excluding steroid dienone is 1. The van der Waals surface area contributed by atoms with Crippen molar-refractivity contribution < 1.29 is 14.3 Å². The first-order chi connectivity index (χ1) is 17.0. The maximum absolute atomic E-state index is 14.0. The molecule has 2 fully saturated rings. The van der Waals surface area contributed by atoms with Crippen molar-refractivity contribution >= 4 is 20.0 Å². The highest BCUT2D eigenvalue weighted by atomic mass is 28.3. The van der Waals surface area contributed by atoms with E-state index in [1.54, 1.807) is 0 Å². The molecule has 5 heteroatoms. The lowest BCUT2D eigenvalue weighted by Gasteiger charge is -2.45. The highest BCUT2D eigenvalue weighted by molar-refractivity contribution is 6.87. The number of hydrogen-bond acceptors (Lipinski definition) is 3. The minimum absolute atomic E-state index is 0.0630. The Labute approximate surface area is 219 Å². The molecule has 1 aromatic rings. The van der Waals surface area contributed by atoms with E-state index in [4.69, 9.17) is 4.74 Å². The monoisotopic (exact) mass is 509 g/mol. The number of rotatable bonds is 5. The zero-order chi connectivity index (χ0) is 26.1. The second-order valence-corrected chi connectivity index (χ2v) is 18.4. The molecule has 198 valence electrons. The summed E-state index contributed by atoms with van der Waals surface area (Å²) >= 11 is 0. The number of nitrogens with zero attached hydrogens (tertiary/aromatic N) is 1. The molecule has 36 heavy (non-hydrogen) atoms. The minimum atomic E-state index is -1.87. The molecule has 1 amide bonds. The summed E-state index contributed by atoms with van der Waals surface area (Å²) in [4.78, 5) is 29.1. The van der Waals surface area contributed by atoms with Gasteiger partial charge in [0.05, 0.1) is 8.07 Å². The van der Waals surface area contributed by atoms with Crippen molar-refractivity contribution in [3.63, 3.8) is 0 Å². The van der Waals surface area contributed by atoms with Crippen LogP contribution in [0.15, 0.2) is 41.7 Å². The summed E-state index contributed by atoms with van der Waals surface area (Å²) in [7, 11) is -1.87. The van der Waals surface area contributed by atoms with Gasteiger partial charge in [0.2, 0.25) is 0 Å². The van der Waals surface area contributed by atoms with Crippen molar-refractivity contribution in [2.75, 3.05) is 0 Å². The molecule has 1 aromatic carbocycles. The van der Waals surface area contributed by atoms with Gasteiger partial charge in [0, 0.05) is 24.6 Å². The van der Waals surface area contributed by atoms with E-state index < -0.39 is 8.07 Å². The van der Waals surface area contributed by atoms with Crippen LogP contribution in [0.25, 0.3) is 0 Å². The van der Waals surface area contributed by atoms with Crippen LogP contribution in [0.3, 0.4) is 0 Å². The molecule has 1 heterocycles. The summed E-state index contributed by atoms with van der Waals surface area (Å²) < 4.78 is 6.49. The smallest absolute Gasteiger partial charge is 0.414 e. The summed E-state index contributed by atoms with van der Waals surface area (Å²) in [6.07, 6.45) is 11.0. The lowest BCUT2D eigenvalue weighted by molar-refractivity contribution is -0.117. The maximum atomic E-state index is 14.0. The molecule has 2 saturated carbocycles. The quantitative estimate of drug-likeness (QED) is 0.379. The van der Waals surface area contributed by atoms with Gasteiger partial charge in [-0.2, -0.15) is 0 Å². The van der Waals surface area contributed by atoms with Crippen LogP contribution in [-0.2, 0) is 14.9 Å². The normalized spacial score (nSPS) is 28.6. The molecule has 2 aliphatic carbocycles. The molecule has 4 rings (SSSR count). The molecular formula is C31H47NO3Si. The van der Waals surface area contributed by atoms with Crippen LogP contribution in [0, 0.1) is 17.8 Å². The average Bonchev–Trinajstić information content (AvgIpc) is 2.84. The predicted octanol–water partition coefficient (Wildman–Crippen LogP) is 7.89. The van der Waals surface area contributed by atoms with Crippen molar-refractivity contribution in [3.05, 3.63) is 47.3 Å². The fourth-order valence-corrected chi connectivity index (χ4v) is 8.44. The standard InChI is InChI=1S/C31H47NO3Si/c1-22-17-18-25(31(2,3)24-15-11-8-12-16-24)28(19-22)35-30(34)32-21-29(36(4,5)6)27(33)20-26(32)23-13-9-7-10-14-23/h8,11-12,15-16,21-23,25-26,28H,7,9-10,13-14,17-20H2,1-6H3/t22-,25-,26-,28-/m1/s1. The fourth-order valence-electron chi connectivity index (χ4n) is 6.97. The zero-order valence-electron chi connectivity index (χ0n) is 23.4. The Hall–Kier alpha value is -1.88. The van der Waals surface area contributed by atoms with Crippen LogP contribution in [0.2, 0.25) is 19.6 Å². The summed E-state index contributed by atoms with van der Waals surface area (Å²) in [5.41, 5.74) is 1.21. The van der Waals surface area contributed by atoms with Crippen LogP contribution in [-0.4, -0.2) is 37.0 Å². The van der Waals surface area contributed by atoms with Gasteiger partial charge in [-0.25, -0.2) is 4.79 Å². The molecule has 0 unspecified atom stereocenters. The Morgan fingerprint density at radius 2 is 1.67 bits per heavy atom. The Morgan fingerprint density at radius 1 is 1.00 bits per heavy atom. The van der Waals surface area contributed by atoms with Crippen LogP contribution in [0.1, 0.15) is 84.1 Å². The Morgan fingerprint density at radius 3 is 2.31 bits per heavy atom. The summed E-state index contributed by atoms with van der Waals surface area (Å²) in [5.74, 6) is 1.44. The second-order valence-electron chi connectivity index (χ2n) is 13.3. The van der Waals surface area contributed by atoms with Crippen molar-refractivity contribution in [2.24, 2.45) is 17.8 Å². The van der Waals surface area contributed by atoms with Gasteiger partial charge >= 0.3 is 6.09 Å². The van der Waals surface area contributed by atoms with Gasteiger partial charge < -0.3 is 4.74 Å². The molecule has 0 bridgehead atoms. The van der Waals surface area contributed by atoms with Crippen molar-refractivity contribution in [2.45, 2.75) is 116 Å². The van der Waals surface area contributed by atoms with Crippen LogP contribution in [0.5, 0.6) is 0 Å². The highest BCUT2D eigenvalue weighted by Crippen LogP contribution is 2.44. The first kappa shape index (κ1) is 27.2. The van der Waals surface area contributed by atoms with Crippen LogP contribution >= 0.6 is 0 Å². The first-order valence-electron chi connectivity index (χ1n) is 14.3. The molecular weight excluding hydrogens is 462 g/mol. The van der Waals surface area contributed by atoms with Gasteiger partial charge in [-0.3, -0.25) is 9.69 Å². The van der Waals surface area contributed by atoms with Crippen LogP contribution in [0.4, 0.5) is 4.79 Å². The number of ether oxygens (including phenoxy) is 1. The molecule has 0 radical (unpaired) electrons. The van der Waals surface area contributed by atoms with Crippen molar-refractivity contribution in [1.29, 1.82) is 0 Å². The van der Waals surface area contributed by atoms with E-state index in [1.165, 1.54) is 24.8 Å². The maximum Gasteiger partial charge on any atom is 0.414 e. The largest absolute Gasteiger partial charge is 0.446 e. The number of hydrogen-bond donors (Lipinski definition) is 0. The van der Waals surface area contributed by atoms with E-state index in [0.29, 0.717) is 18.3 Å². The number of carbonyl (C=O) groups excluding carboxylic acids is 2. The number of benzene rings is 1.